The van der Waals surface area contributed by atoms with Gasteiger partial charge in [-0.1, -0.05) is 29.3 Å². The van der Waals surface area contributed by atoms with Crippen molar-refractivity contribution in [1.29, 1.82) is 0 Å². The molecule has 3 amide bonds. The molecule has 8 nitrogen and oxygen atoms in total. The van der Waals surface area contributed by atoms with Gasteiger partial charge in [0.2, 0.25) is 17.7 Å². The topological polar surface area (TPSA) is 108 Å². The Kier molecular flexibility index (Phi) is 5.84. The number of alkyl halides is 1. The van der Waals surface area contributed by atoms with Crippen LogP contribution in [-0.2, 0) is 19.1 Å². The predicted molar refractivity (Wildman–Crippen MR) is 101 cm³/mol. The second kappa shape index (κ2) is 7.67. The number of amides is 3. The zero-order valence-corrected chi connectivity index (χ0v) is 17.5. The first-order valence-electron chi connectivity index (χ1n) is 9.57. The molecule has 0 saturated carbocycles. The summed E-state index contributed by atoms with van der Waals surface area (Å²) in [5, 5.41) is 15.1. The molecule has 0 aromatic heterocycles. The molecule has 0 radical (unpaired) electrons. The summed E-state index contributed by atoms with van der Waals surface area (Å²) in [4.78, 5) is 40.1. The van der Waals surface area contributed by atoms with Crippen molar-refractivity contribution in [1.82, 2.24) is 15.5 Å². The number of hydrogen-bond acceptors (Lipinski definition) is 5. The summed E-state index contributed by atoms with van der Waals surface area (Å²) < 4.78 is 6.24. The molecule has 9 heteroatoms. The van der Waals surface area contributed by atoms with Crippen LogP contribution in [0.25, 0.3) is 0 Å². The number of carbonyl (C=O) groups excluding carboxylic acids is 3. The molecular weight excluding hydrogens is 418 g/mol. The van der Waals surface area contributed by atoms with Crippen LogP contribution in [0.4, 0.5) is 0 Å². The molecule has 0 aromatic rings. The quantitative estimate of drug-likeness (QED) is 0.469. The lowest BCUT2D eigenvalue weighted by Gasteiger charge is -2.34. The smallest absolute Gasteiger partial charge is 0.246 e. The molecule has 3 N–H and O–H groups in total. The van der Waals surface area contributed by atoms with Gasteiger partial charge in [-0.2, -0.15) is 0 Å². The molecule has 2 bridgehead atoms. The van der Waals surface area contributed by atoms with Gasteiger partial charge in [-0.15, -0.1) is 0 Å². The highest BCUT2D eigenvalue weighted by Crippen LogP contribution is 2.59. The maximum Gasteiger partial charge on any atom is 0.246 e. The fraction of sp³-hybridized carbons (Fsp3) is 0.833. The molecular formula is C18H28BrN3O5. The van der Waals surface area contributed by atoms with E-state index in [1.54, 1.807) is 0 Å². The van der Waals surface area contributed by atoms with E-state index < -0.39 is 29.6 Å². The summed E-state index contributed by atoms with van der Waals surface area (Å²) in [6, 6.07) is -0.877. The fourth-order valence-corrected chi connectivity index (χ4v) is 6.01. The molecule has 3 aliphatic heterocycles. The summed E-state index contributed by atoms with van der Waals surface area (Å²) in [6.07, 6.45) is 1.79. The van der Waals surface area contributed by atoms with Crippen molar-refractivity contribution >= 4 is 33.7 Å². The maximum absolute atomic E-state index is 13.2. The lowest BCUT2D eigenvalue weighted by atomic mass is 9.70. The standard InChI is InChI=1S/C18H28BrN3O5/c1-4-5-9(2)21-16(25)14-18-8-10(19)13(27-18)11(15(24)20-3)12(18)17(26)22(14)6-7-23/h9-14,23H,4-8H2,1-3H3,(H,20,24)(H,21,25)/t9?,10?,11-,12+,13-,14?,18?/m1/s1. The van der Waals surface area contributed by atoms with Crippen LogP contribution in [0.15, 0.2) is 0 Å². The van der Waals surface area contributed by atoms with Crippen molar-refractivity contribution in [2.75, 3.05) is 20.2 Å². The zero-order valence-electron chi connectivity index (χ0n) is 15.9. The third kappa shape index (κ3) is 3.07. The largest absolute Gasteiger partial charge is 0.395 e. The second-order valence-corrected chi connectivity index (χ2v) is 8.91. The summed E-state index contributed by atoms with van der Waals surface area (Å²) in [5.74, 6) is -2.18. The van der Waals surface area contributed by atoms with Crippen LogP contribution in [0.3, 0.4) is 0 Å². The van der Waals surface area contributed by atoms with Crippen LogP contribution in [-0.4, -0.2) is 76.5 Å². The van der Waals surface area contributed by atoms with E-state index in [1.165, 1.54) is 11.9 Å². The summed E-state index contributed by atoms with van der Waals surface area (Å²) >= 11 is 3.58. The van der Waals surface area contributed by atoms with Gasteiger partial charge in [0.25, 0.3) is 0 Å². The molecule has 7 atom stereocenters. The van der Waals surface area contributed by atoms with Gasteiger partial charge in [-0.25, -0.2) is 0 Å². The highest BCUT2D eigenvalue weighted by molar-refractivity contribution is 9.09. The number of ether oxygens (including phenoxy) is 1. The second-order valence-electron chi connectivity index (χ2n) is 7.73. The minimum Gasteiger partial charge on any atom is -0.395 e. The van der Waals surface area contributed by atoms with Crippen molar-refractivity contribution in [3.05, 3.63) is 0 Å². The first-order chi connectivity index (χ1) is 12.8. The summed E-state index contributed by atoms with van der Waals surface area (Å²) in [6.45, 7) is 3.75. The Morgan fingerprint density at radius 2 is 2.15 bits per heavy atom. The summed E-state index contributed by atoms with van der Waals surface area (Å²) in [7, 11) is 1.53. The number of nitrogens with one attached hydrogen (secondary N) is 2. The number of halogens is 1. The van der Waals surface area contributed by atoms with E-state index in [0.29, 0.717) is 6.42 Å². The van der Waals surface area contributed by atoms with Crippen LogP contribution in [0.5, 0.6) is 0 Å². The summed E-state index contributed by atoms with van der Waals surface area (Å²) in [5.41, 5.74) is -1.04. The molecule has 1 spiro atoms. The first kappa shape index (κ1) is 20.5. The van der Waals surface area contributed by atoms with Crippen LogP contribution < -0.4 is 10.6 Å². The molecule has 4 unspecified atom stereocenters. The van der Waals surface area contributed by atoms with E-state index in [2.05, 4.69) is 26.6 Å². The van der Waals surface area contributed by atoms with Crippen molar-refractivity contribution < 1.29 is 24.2 Å². The zero-order chi connectivity index (χ0) is 19.9. The molecule has 3 aliphatic rings. The van der Waals surface area contributed by atoms with Gasteiger partial charge in [0.15, 0.2) is 0 Å². The molecule has 0 aromatic carbocycles. The Hall–Kier alpha value is -1.19. The normalized spacial score (nSPS) is 38.0. The third-order valence-electron chi connectivity index (χ3n) is 6.04. The van der Waals surface area contributed by atoms with Gasteiger partial charge in [0.1, 0.15) is 11.6 Å². The van der Waals surface area contributed by atoms with E-state index in [0.717, 1.165) is 12.8 Å². The fourth-order valence-electron chi connectivity index (χ4n) is 5.07. The SMILES string of the molecule is CCCC(C)NC(=O)C1N(CCO)C(=O)[C@@H]2[C@@H](C(=O)NC)[C@@H]3OC12CC3Br. The van der Waals surface area contributed by atoms with Gasteiger partial charge in [-0.3, -0.25) is 14.4 Å². The highest BCUT2D eigenvalue weighted by Gasteiger charge is 2.76. The number of rotatable bonds is 7. The number of aliphatic hydroxyl groups is 1. The van der Waals surface area contributed by atoms with Crippen molar-refractivity contribution in [3.8, 4) is 0 Å². The Labute approximate surface area is 167 Å². The Bertz CT molecular complexity index is 632. The minimum absolute atomic E-state index is 0.0304. The van der Waals surface area contributed by atoms with Crippen molar-refractivity contribution in [3.63, 3.8) is 0 Å². The number of carbonyl (C=O) groups is 3. The van der Waals surface area contributed by atoms with Crippen molar-refractivity contribution in [2.24, 2.45) is 11.8 Å². The predicted octanol–water partition coefficient (Wildman–Crippen LogP) is -0.222. The number of β-amino-alcohol motifs (C(OH)–C–C–N with tert-alkyl or cyclic N) is 1. The van der Waals surface area contributed by atoms with Crippen LogP contribution in [0.1, 0.15) is 33.1 Å². The lowest BCUT2D eigenvalue weighted by Crippen LogP contribution is -2.57. The number of fused-ring (bicyclic) bond motifs is 1. The van der Waals surface area contributed by atoms with Gasteiger partial charge >= 0.3 is 0 Å². The average Bonchev–Trinajstić information content (AvgIpc) is 3.19. The maximum atomic E-state index is 13.2. The number of nitrogens with zero attached hydrogens (tertiary/aromatic N) is 1. The van der Waals surface area contributed by atoms with Gasteiger partial charge in [0, 0.05) is 24.5 Å². The number of hydrogen-bond donors (Lipinski definition) is 3. The molecule has 0 aliphatic carbocycles. The average molecular weight is 446 g/mol. The van der Waals surface area contributed by atoms with Crippen LogP contribution in [0.2, 0.25) is 0 Å². The van der Waals surface area contributed by atoms with Gasteiger partial charge in [0.05, 0.1) is 24.5 Å². The van der Waals surface area contributed by atoms with E-state index in [1.807, 2.05) is 13.8 Å². The van der Waals surface area contributed by atoms with E-state index in [4.69, 9.17) is 4.74 Å². The molecule has 3 saturated heterocycles. The third-order valence-corrected chi connectivity index (χ3v) is 6.88. The molecule has 3 rings (SSSR count). The lowest BCUT2D eigenvalue weighted by molar-refractivity contribution is -0.142. The van der Waals surface area contributed by atoms with Crippen molar-refractivity contribution in [2.45, 2.75) is 61.7 Å². The Morgan fingerprint density at radius 1 is 1.44 bits per heavy atom. The Balaban J connectivity index is 1.97. The first-order valence-corrected chi connectivity index (χ1v) is 10.5. The number of likely N-dealkylation sites (tertiary alicyclic amines) is 1. The van der Waals surface area contributed by atoms with Gasteiger partial charge < -0.3 is 25.4 Å². The van der Waals surface area contributed by atoms with E-state index >= 15 is 0 Å². The number of aliphatic hydroxyl groups excluding tert-OH is 1. The minimum atomic E-state index is -1.04. The van der Waals surface area contributed by atoms with Crippen LogP contribution >= 0.6 is 15.9 Å². The Morgan fingerprint density at radius 3 is 2.74 bits per heavy atom. The van der Waals surface area contributed by atoms with E-state index in [-0.39, 0.29) is 41.7 Å². The molecule has 3 heterocycles. The highest BCUT2D eigenvalue weighted by atomic mass is 79.9. The monoisotopic (exact) mass is 445 g/mol. The van der Waals surface area contributed by atoms with Crippen LogP contribution in [0, 0.1) is 11.8 Å². The molecule has 3 fully saturated rings. The van der Waals surface area contributed by atoms with E-state index in [9.17, 15) is 19.5 Å². The molecule has 27 heavy (non-hydrogen) atoms. The molecule has 152 valence electrons. The van der Waals surface area contributed by atoms with Gasteiger partial charge in [-0.05, 0) is 19.8 Å².